The summed E-state index contributed by atoms with van der Waals surface area (Å²) in [5, 5.41) is 19.7. The van der Waals surface area contributed by atoms with Gasteiger partial charge in [0.15, 0.2) is 0 Å². The molecule has 0 aliphatic carbocycles. The van der Waals surface area contributed by atoms with E-state index in [1.165, 1.54) is 6.07 Å². The van der Waals surface area contributed by atoms with Gasteiger partial charge in [-0.05, 0) is 12.1 Å². The summed E-state index contributed by atoms with van der Waals surface area (Å²) in [6, 6.07) is 6.15. The molecule has 6 nitrogen and oxygen atoms in total. The molecule has 3 aromatic rings. The van der Waals surface area contributed by atoms with Crippen molar-refractivity contribution >= 4 is 33.3 Å². The number of phenolic OH excluding ortho intramolecular Hbond substituents is 1. The number of benzene rings is 2. The smallest absolute Gasteiger partial charge is 0.346 e. The maximum Gasteiger partial charge on any atom is 0.346 e. The van der Waals surface area contributed by atoms with Crippen molar-refractivity contribution in [1.82, 2.24) is 0 Å². The molecule has 0 saturated heterocycles. The lowest BCUT2D eigenvalue weighted by molar-refractivity contribution is 0.0699. The SMILES string of the molecule is NC(=O)c1c(F)cc(OCc2c(C(=O)O)sc3cccc(O)c23)cc1F. The summed E-state index contributed by atoms with van der Waals surface area (Å²) in [5.41, 5.74) is 4.19. The number of aromatic hydroxyl groups is 1. The molecule has 0 unspecified atom stereocenters. The summed E-state index contributed by atoms with van der Waals surface area (Å²) in [6.07, 6.45) is 0. The van der Waals surface area contributed by atoms with E-state index in [4.69, 9.17) is 10.5 Å². The molecule has 0 atom stereocenters. The first-order valence-corrected chi connectivity index (χ1v) is 7.99. The minimum absolute atomic E-state index is 0.0591. The van der Waals surface area contributed by atoms with Gasteiger partial charge >= 0.3 is 5.97 Å². The Bertz CT molecular complexity index is 1020. The molecule has 0 radical (unpaired) electrons. The van der Waals surface area contributed by atoms with Crippen LogP contribution < -0.4 is 10.5 Å². The van der Waals surface area contributed by atoms with Crippen molar-refractivity contribution in [1.29, 1.82) is 0 Å². The number of carboxylic acid groups (broad SMARTS) is 1. The number of thiophene rings is 1. The third-order valence-corrected chi connectivity index (χ3v) is 4.82. The molecule has 9 heteroatoms. The van der Waals surface area contributed by atoms with Crippen molar-refractivity contribution in [3.63, 3.8) is 0 Å². The molecule has 0 fully saturated rings. The van der Waals surface area contributed by atoms with Crippen LogP contribution in [0.2, 0.25) is 0 Å². The molecular weight excluding hydrogens is 368 g/mol. The number of hydrogen-bond acceptors (Lipinski definition) is 5. The number of amides is 1. The second-order valence-corrected chi connectivity index (χ2v) is 6.33. The van der Waals surface area contributed by atoms with Gasteiger partial charge in [0.05, 0.1) is 0 Å². The maximum atomic E-state index is 13.8. The number of phenols is 1. The van der Waals surface area contributed by atoms with Crippen LogP contribution in [-0.2, 0) is 6.61 Å². The number of primary amides is 1. The fraction of sp³-hybridized carbons (Fsp3) is 0.0588. The van der Waals surface area contributed by atoms with Gasteiger partial charge in [-0.3, -0.25) is 4.79 Å². The molecular formula is C17H11F2NO5S. The highest BCUT2D eigenvalue weighted by Crippen LogP contribution is 2.37. The molecule has 1 amide bonds. The van der Waals surface area contributed by atoms with E-state index in [2.05, 4.69) is 0 Å². The summed E-state index contributed by atoms with van der Waals surface area (Å²) in [4.78, 5) is 22.4. The Morgan fingerprint density at radius 1 is 1.19 bits per heavy atom. The Morgan fingerprint density at radius 3 is 2.42 bits per heavy atom. The first-order chi connectivity index (χ1) is 12.3. The normalized spacial score (nSPS) is 10.8. The third-order valence-electron chi connectivity index (χ3n) is 3.63. The lowest BCUT2D eigenvalue weighted by Crippen LogP contribution is -2.15. The van der Waals surface area contributed by atoms with Crippen molar-refractivity contribution < 1.29 is 33.3 Å². The van der Waals surface area contributed by atoms with Crippen molar-refractivity contribution in [3.05, 3.63) is 58.0 Å². The zero-order valence-electron chi connectivity index (χ0n) is 13.0. The lowest BCUT2D eigenvalue weighted by Gasteiger charge is -2.09. The Morgan fingerprint density at radius 2 is 1.85 bits per heavy atom. The number of hydrogen-bond donors (Lipinski definition) is 3. The molecule has 2 aromatic carbocycles. The van der Waals surface area contributed by atoms with Gasteiger partial charge in [-0.2, -0.15) is 0 Å². The quantitative estimate of drug-likeness (QED) is 0.630. The number of fused-ring (bicyclic) bond motifs is 1. The molecule has 0 spiro atoms. The van der Waals surface area contributed by atoms with Gasteiger partial charge in [-0.1, -0.05) is 6.07 Å². The van der Waals surface area contributed by atoms with E-state index in [0.29, 0.717) is 10.1 Å². The van der Waals surface area contributed by atoms with E-state index in [0.717, 1.165) is 23.5 Å². The van der Waals surface area contributed by atoms with E-state index in [1.807, 2.05) is 0 Å². The Labute approximate surface area is 149 Å². The monoisotopic (exact) mass is 379 g/mol. The van der Waals surface area contributed by atoms with Crippen LogP contribution in [0.5, 0.6) is 11.5 Å². The van der Waals surface area contributed by atoms with Gasteiger partial charge < -0.3 is 20.7 Å². The molecule has 0 aliphatic rings. The van der Waals surface area contributed by atoms with Crippen LogP contribution in [-0.4, -0.2) is 22.1 Å². The maximum absolute atomic E-state index is 13.8. The Balaban J connectivity index is 1.99. The average molecular weight is 379 g/mol. The topological polar surface area (TPSA) is 110 Å². The van der Waals surface area contributed by atoms with Crippen LogP contribution in [0.1, 0.15) is 25.6 Å². The Kier molecular flexibility index (Phi) is 4.47. The summed E-state index contributed by atoms with van der Waals surface area (Å²) < 4.78 is 33.4. The van der Waals surface area contributed by atoms with Crippen LogP contribution in [0.3, 0.4) is 0 Å². The van der Waals surface area contributed by atoms with Gasteiger partial charge in [0.25, 0.3) is 5.91 Å². The molecule has 1 aromatic heterocycles. The van der Waals surface area contributed by atoms with E-state index in [-0.39, 0.29) is 28.5 Å². The number of nitrogens with two attached hydrogens (primary N) is 1. The molecule has 134 valence electrons. The zero-order chi connectivity index (χ0) is 19.0. The summed E-state index contributed by atoms with van der Waals surface area (Å²) in [6.45, 7) is -0.353. The molecule has 26 heavy (non-hydrogen) atoms. The van der Waals surface area contributed by atoms with Crippen molar-refractivity contribution in [2.75, 3.05) is 0 Å². The van der Waals surface area contributed by atoms with Crippen LogP contribution in [0, 0.1) is 11.6 Å². The fourth-order valence-corrected chi connectivity index (χ4v) is 3.60. The van der Waals surface area contributed by atoms with Gasteiger partial charge in [-0.25, -0.2) is 13.6 Å². The summed E-state index contributed by atoms with van der Waals surface area (Å²) in [5.74, 6) is -5.24. The predicted octanol–water partition coefficient (Wildman–Crippen LogP) is 3.26. The second-order valence-electron chi connectivity index (χ2n) is 5.28. The first-order valence-electron chi connectivity index (χ1n) is 7.18. The van der Waals surface area contributed by atoms with Crippen LogP contribution in [0.4, 0.5) is 8.78 Å². The van der Waals surface area contributed by atoms with Gasteiger partial charge in [0, 0.05) is 27.8 Å². The van der Waals surface area contributed by atoms with E-state index >= 15 is 0 Å². The Hall–Kier alpha value is -3.20. The number of rotatable bonds is 5. The van der Waals surface area contributed by atoms with Crippen molar-refractivity contribution in [3.8, 4) is 11.5 Å². The van der Waals surface area contributed by atoms with Gasteiger partial charge in [-0.15, -0.1) is 11.3 Å². The minimum atomic E-state index is -1.26. The molecule has 3 rings (SSSR count). The molecule has 4 N–H and O–H groups in total. The number of aromatic carboxylic acids is 1. The van der Waals surface area contributed by atoms with Crippen LogP contribution >= 0.6 is 11.3 Å². The molecule has 0 aliphatic heterocycles. The molecule has 0 saturated carbocycles. The highest BCUT2D eigenvalue weighted by Gasteiger charge is 2.21. The van der Waals surface area contributed by atoms with Gasteiger partial charge in [0.2, 0.25) is 0 Å². The predicted molar refractivity (Wildman–Crippen MR) is 89.7 cm³/mol. The summed E-state index contributed by atoms with van der Waals surface area (Å²) >= 11 is 0.945. The average Bonchev–Trinajstić information content (AvgIpc) is 2.92. The number of ether oxygens (including phenoxy) is 1. The highest BCUT2D eigenvalue weighted by atomic mass is 32.1. The number of carbonyl (C=O) groups is 2. The van der Waals surface area contributed by atoms with E-state index in [1.54, 1.807) is 12.1 Å². The molecule has 0 bridgehead atoms. The fourth-order valence-electron chi connectivity index (χ4n) is 2.53. The molecule has 1 heterocycles. The van der Waals surface area contributed by atoms with Crippen LogP contribution in [0.15, 0.2) is 30.3 Å². The highest BCUT2D eigenvalue weighted by molar-refractivity contribution is 7.21. The third kappa shape index (κ3) is 3.04. The standard InChI is InChI=1S/C17H11F2NO5S/c18-9-4-7(5-10(19)14(9)16(20)22)25-6-8-13-11(21)2-1-3-12(13)26-15(8)17(23)24/h1-5,21H,6H2,(H2,20,22)(H,23,24). The number of carboxylic acids is 1. The van der Waals surface area contributed by atoms with Crippen molar-refractivity contribution in [2.45, 2.75) is 6.61 Å². The minimum Gasteiger partial charge on any atom is -0.507 e. The van der Waals surface area contributed by atoms with E-state index < -0.39 is 29.1 Å². The number of halogens is 2. The van der Waals surface area contributed by atoms with Crippen molar-refractivity contribution in [2.24, 2.45) is 5.73 Å². The largest absolute Gasteiger partial charge is 0.507 e. The number of carbonyl (C=O) groups excluding carboxylic acids is 1. The summed E-state index contributed by atoms with van der Waals surface area (Å²) in [7, 11) is 0. The van der Waals surface area contributed by atoms with E-state index in [9.17, 15) is 28.6 Å². The lowest BCUT2D eigenvalue weighted by atomic mass is 10.1. The first kappa shape index (κ1) is 17.6. The van der Waals surface area contributed by atoms with Gasteiger partial charge in [0.1, 0.15) is 40.2 Å². The second kappa shape index (κ2) is 6.60. The van der Waals surface area contributed by atoms with Crippen LogP contribution in [0.25, 0.3) is 10.1 Å². The zero-order valence-corrected chi connectivity index (χ0v) is 13.8.